The molecule has 1 amide bonds. The van der Waals surface area contributed by atoms with Gasteiger partial charge < -0.3 is 5.32 Å². The Morgan fingerprint density at radius 1 is 1.05 bits per heavy atom. The summed E-state index contributed by atoms with van der Waals surface area (Å²) in [6.45, 7) is 6.64. The summed E-state index contributed by atoms with van der Waals surface area (Å²) in [4.78, 5) is 23.3. The maximum absolute atomic E-state index is 13.8. The van der Waals surface area contributed by atoms with Gasteiger partial charge in [0.1, 0.15) is 17.2 Å². The predicted molar refractivity (Wildman–Crippen MR) is 68.1 cm³/mol. The standard InChI is InChI=1S/C14H17F2NO2/c1-7(2)13(18)9-5-10(15)12(11(16)6-9)14(19)17-8(3)4/h5-8H,1-4H3,(H,17,19). The number of hydrogen-bond donors (Lipinski definition) is 1. The average Bonchev–Trinajstić information content (AvgIpc) is 2.25. The van der Waals surface area contributed by atoms with Gasteiger partial charge in [0.2, 0.25) is 0 Å². The summed E-state index contributed by atoms with van der Waals surface area (Å²) in [5.74, 6) is -3.61. The van der Waals surface area contributed by atoms with Crippen molar-refractivity contribution in [2.45, 2.75) is 33.7 Å². The lowest BCUT2D eigenvalue weighted by atomic mass is 9.99. The van der Waals surface area contributed by atoms with Gasteiger partial charge in [0.15, 0.2) is 5.78 Å². The highest BCUT2D eigenvalue weighted by atomic mass is 19.1. The minimum absolute atomic E-state index is 0.0638. The smallest absolute Gasteiger partial charge is 0.257 e. The van der Waals surface area contributed by atoms with Crippen molar-refractivity contribution in [3.63, 3.8) is 0 Å². The predicted octanol–water partition coefficient (Wildman–Crippen LogP) is 2.94. The maximum atomic E-state index is 13.8. The van der Waals surface area contributed by atoms with Crippen LogP contribution in [0.15, 0.2) is 12.1 Å². The van der Waals surface area contributed by atoms with Crippen LogP contribution in [0.1, 0.15) is 48.4 Å². The van der Waals surface area contributed by atoms with Gasteiger partial charge in [-0.2, -0.15) is 0 Å². The number of benzene rings is 1. The van der Waals surface area contributed by atoms with Crippen molar-refractivity contribution >= 4 is 11.7 Å². The molecule has 0 heterocycles. The third kappa shape index (κ3) is 3.59. The summed E-state index contributed by atoms with van der Waals surface area (Å²) in [5, 5.41) is 2.41. The van der Waals surface area contributed by atoms with E-state index in [1.807, 2.05) is 0 Å². The van der Waals surface area contributed by atoms with Gasteiger partial charge in [-0.3, -0.25) is 9.59 Å². The molecule has 0 saturated heterocycles. The number of nitrogens with one attached hydrogen (secondary N) is 1. The summed E-state index contributed by atoms with van der Waals surface area (Å²) in [5.41, 5.74) is -0.722. The molecule has 0 aliphatic rings. The largest absolute Gasteiger partial charge is 0.350 e. The zero-order valence-corrected chi connectivity index (χ0v) is 11.4. The van der Waals surface area contributed by atoms with Crippen LogP contribution in [0, 0.1) is 17.6 Å². The molecule has 0 aromatic heterocycles. The van der Waals surface area contributed by atoms with Gasteiger partial charge in [0.05, 0.1) is 0 Å². The van der Waals surface area contributed by atoms with Gasteiger partial charge in [-0.25, -0.2) is 8.78 Å². The molecular formula is C14H17F2NO2. The molecule has 0 bridgehead atoms. The van der Waals surface area contributed by atoms with Gasteiger partial charge in [-0.05, 0) is 26.0 Å². The number of ketones is 1. The molecule has 1 rings (SSSR count). The summed E-state index contributed by atoms with van der Waals surface area (Å²) in [6, 6.07) is 1.57. The summed E-state index contributed by atoms with van der Waals surface area (Å²) >= 11 is 0. The molecule has 0 unspecified atom stereocenters. The van der Waals surface area contributed by atoms with Crippen molar-refractivity contribution < 1.29 is 18.4 Å². The molecule has 1 aromatic rings. The average molecular weight is 269 g/mol. The van der Waals surface area contributed by atoms with E-state index >= 15 is 0 Å². The zero-order chi connectivity index (χ0) is 14.7. The van der Waals surface area contributed by atoms with Gasteiger partial charge in [-0.1, -0.05) is 13.8 Å². The van der Waals surface area contributed by atoms with E-state index in [-0.39, 0.29) is 23.3 Å². The first-order valence-electron chi connectivity index (χ1n) is 6.08. The number of hydrogen-bond acceptors (Lipinski definition) is 2. The highest BCUT2D eigenvalue weighted by molar-refractivity contribution is 6.00. The van der Waals surface area contributed by atoms with Crippen LogP contribution in [0.4, 0.5) is 8.78 Å². The SMILES string of the molecule is CC(C)NC(=O)c1c(F)cc(C(=O)C(C)C)cc1F. The molecular weight excluding hydrogens is 252 g/mol. The van der Waals surface area contributed by atoms with E-state index in [0.29, 0.717) is 0 Å². The van der Waals surface area contributed by atoms with E-state index in [0.717, 1.165) is 12.1 Å². The van der Waals surface area contributed by atoms with Crippen molar-refractivity contribution in [1.29, 1.82) is 0 Å². The molecule has 0 fully saturated rings. The molecule has 0 radical (unpaired) electrons. The fraction of sp³-hybridized carbons (Fsp3) is 0.429. The number of carbonyl (C=O) groups is 2. The van der Waals surface area contributed by atoms with E-state index in [1.165, 1.54) is 0 Å². The first kappa shape index (κ1) is 15.3. The quantitative estimate of drug-likeness (QED) is 0.854. The van der Waals surface area contributed by atoms with Crippen molar-refractivity contribution in [1.82, 2.24) is 5.32 Å². The van der Waals surface area contributed by atoms with Crippen LogP contribution in [-0.4, -0.2) is 17.7 Å². The van der Waals surface area contributed by atoms with Gasteiger partial charge >= 0.3 is 0 Å². The van der Waals surface area contributed by atoms with Crippen molar-refractivity contribution in [2.24, 2.45) is 5.92 Å². The highest BCUT2D eigenvalue weighted by Gasteiger charge is 2.22. The molecule has 0 saturated carbocycles. The Morgan fingerprint density at radius 2 is 1.53 bits per heavy atom. The van der Waals surface area contributed by atoms with Crippen molar-refractivity contribution in [3.05, 3.63) is 34.9 Å². The van der Waals surface area contributed by atoms with Crippen LogP contribution in [0.2, 0.25) is 0 Å². The molecule has 0 atom stereocenters. The molecule has 19 heavy (non-hydrogen) atoms. The molecule has 5 heteroatoms. The summed E-state index contributed by atoms with van der Waals surface area (Å²) in [7, 11) is 0. The third-order valence-corrected chi connectivity index (χ3v) is 2.50. The Morgan fingerprint density at radius 3 is 1.89 bits per heavy atom. The first-order valence-corrected chi connectivity index (χ1v) is 6.08. The third-order valence-electron chi connectivity index (χ3n) is 2.50. The zero-order valence-electron chi connectivity index (χ0n) is 11.4. The van der Waals surface area contributed by atoms with E-state index in [4.69, 9.17) is 0 Å². The Hall–Kier alpha value is -1.78. The molecule has 0 spiro atoms. The molecule has 3 nitrogen and oxygen atoms in total. The molecule has 0 aliphatic carbocycles. The van der Waals surface area contributed by atoms with E-state index in [9.17, 15) is 18.4 Å². The molecule has 1 N–H and O–H groups in total. The van der Waals surface area contributed by atoms with Crippen LogP contribution in [0.25, 0.3) is 0 Å². The summed E-state index contributed by atoms with van der Waals surface area (Å²) < 4.78 is 27.6. The van der Waals surface area contributed by atoms with Crippen LogP contribution in [0.3, 0.4) is 0 Å². The number of rotatable bonds is 4. The lowest BCUT2D eigenvalue weighted by Crippen LogP contribution is -2.31. The number of Topliss-reactive ketones (excluding diaryl/α,β-unsaturated/α-hetero) is 1. The number of halogens is 2. The van der Waals surface area contributed by atoms with Gasteiger partial charge in [0, 0.05) is 17.5 Å². The van der Waals surface area contributed by atoms with Gasteiger partial charge in [0.25, 0.3) is 5.91 Å². The second kappa shape index (κ2) is 5.91. The minimum Gasteiger partial charge on any atom is -0.350 e. The van der Waals surface area contributed by atoms with Crippen LogP contribution in [0.5, 0.6) is 0 Å². The van der Waals surface area contributed by atoms with E-state index in [2.05, 4.69) is 5.32 Å². The molecule has 0 aliphatic heterocycles. The normalized spacial score (nSPS) is 10.9. The second-order valence-corrected chi connectivity index (χ2v) is 4.96. The minimum atomic E-state index is -1.03. The Balaban J connectivity index is 3.18. The topological polar surface area (TPSA) is 46.2 Å². The van der Waals surface area contributed by atoms with Crippen LogP contribution in [-0.2, 0) is 0 Å². The number of carbonyl (C=O) groups excluding carboxylic acids is 2. The van der Waals surface area contributed by atoms with Gasteiger partial charge in [-0.15, -0.1) is 0 Å². The Kier molecular flexibility index (Phi) is 4.75. The monoisotopic (exact) mass is 269 g/mol. The Labute approximate surface area is 111 Å². The molecule has 1 aromatic carbocycles. The second-order valence-electron chi connectivity index (χ2n) is 4.96. The van der Waals surface area contributed by atoms with E-state index < -0.39 is 23.1 Å². The fourth-order valence-electron chi connectivity index (χ4n) is 1.60. The lowest BCUT2D eigenvalue weighted by molar-refractivity contribution is 0.0922. The van der Waals surface area contributed by atoms with Crippen molar-refractivity contribution in [2.75, 3.05) is 0 Å². The first-order chi connectivity index (χ1) is 8.73. The van der Waals surface area contributed by atoms with Crippen LogP contribution >= 0.6 is 0 Å². The lowest BCUT2D eigenvalue weighted by Gasteiger charge is -2.11. The van der Waals surface area contributed by atoms with E-state index in [1.54, 1.807) is 27.7 Å². The molecule has 104 valence electrons. The highest BCUT2D eigenvalue weighted by Crippen LogP contribution is 2.18. The van der Waals surface area contributed by atoms with Crippen LogP contribution < -0.4 is 5.32 Å². The maximum Gasteiger partial charge on any atom is 0.257 e. The van der Waals surface area contributed by atoms with Crippen molar-refractivity contribution in [3.8, 4) is 0 Å². The fourth-order valence-corrected chi connectivity index (χ4v) is 1.60. The number of amides is 1. The Bertz CT molecular complexity index is 487. The summed E-state index contributed by atoms with van der Waals surface area (Å²) in [6.07, 6.45) is 0.